The maximum absolute atomic E-state index is 13.1. The highest BCUT2D eigenvalue weighted by Gasteiger charge is 2.36. The predicted octanol–water partition coefficient (Wildman–Crippen LogP) is 1.17. The molecule has 0 aliphatic carbocycles. The lowest BCUT2D eigenvalue weighted by molar-refractivity contribution is 0.0459. The number of nitrogens with zero attached hydrogens (tertiary/aromatic N) is 3. The molecule has 3 aliphatic rings. The number of piperazine rings is 1. The summed E-state index contributed by atoms with van der Waals surface area (Å²) < 4.78 is 26.2. The fraction of sp³-hybridized carbons (Fsp3) is 0.353. The summed E-state index contributed by atoms with van der Waals surface area (Å²) in [6, 6.07) is 8.63. The fourth-order valence-corrected chi connectivity index (χ4v) is 4.80. The average Bonchev–Trinajstić information content (AvgIpc) is 3.08. The fourth-order valence-electron chi connectivity index (χ4n) is 3.30. The van der Waals surface area contributed by atoms with Gasteiger partial charge in [0.05, 0.1) is 27.8 Å². The number of allylic oxidation sites excluding steroid dienone is 2. The Labute approximate surface area is 142 Å². The molecule has 0 amide bonds. The van der Waals surface area contributed by atoms with Crippen LogP contribution in [0.25, 0.3) is 0 Å². The van der Waals surface area contributed by atoms with Gasteiger partial charge in [0, 0.05) is 38.8 Å². The first-order chi connectivity index (χ1) is 11.7. The van der Waals surface area contributed by atoms with E-state index in [4.69, 9.17) is 0 Å². The van der Waals surface area contributed by atoms with Gasteiger partial charge in [0.1, 0.15) is 0 Å². The average molecular weight is 344 g/mol. The van der Waals surface area contributed by atoms with Crippen molar-refractivity contribution in [3.05, 3.63) is 53.2 Å². The van der Waals surface area contributed by atoms with Gasteiger partial charge in [-0.05, 0) is 12.1 Å². The third-order valence-corrected chi connectivity index (χ3v) is 6.38. The molecule has 6 nitrogen and oxygen atoms in total. The van der Waals surface area contributed by atoms with Crippen molar-refractivity contribution in [2.45, 2.75) is 11.3 Å². The summed E-state index contributed by atoms with van der Waals surface area (Å²) in [4.78, 5) is 5.25. The normalized spacial score (nSPS) is 21.8. The summed E-state index contributed by atoms with van der Waals surface area (Å²) in [7, 11) is -3.53. The van der Waals surface area contributed by atoms with Crippen molar-refractivity contribution in [1.82, 2.24) is 15.3 Å². The van der Waals surface area contributed by atoms with E-state index in [0.717, 1.165) is 37.6 Å². The molecule has 126 valence electrons. The van der Waals surface area contributed by atoms with Gasteiger partial charge >= 0.3 is 0 Å². The topological polar surface area (TPSA) is 65.0 Å². The van der Waals surface area contributed by atoms with Gasteiger partial charge in [-0.3, -0.25) is 10.0 Å². The van der Waals surface area contributed by atoms with Gasteiger partial charge in [-0.1, -0.05) is 24.3 Å². The van der Waals surface area contributed by atoms with E-state index in [2.05, 4.69) is 15.3 Å². The minimum Gasteiger partial charge on any atom is -0.314 e. The van der Waals surface area contributed by atoms with Crippen LogP contribution >= 0.6 is 0 Å². The van der Waals surface area contributed by atoms with Crippen LogP contribution in [0.2, 0.25) is 0 Å². The van der Waals surface area contributed by atoms with E-state index in [1.54, 1.807) is 24.3 Å². The largest absolute Gasteiger partial charge is 0.314 e. The summed E-state index contributed by atoms with van der Waals surface area (Å²) in [6.45, 7) is 3.71. The van der Waals surface area contributed by atoms with Crippen molar-refractivity contribution in [3.8, 4) is 0 Å². The molecule has 24 heavy (non-hydrogen) atoms. The molecule has 0 bridgehead atoms. The second-order valence-corrected chi connectivity index (χ2v) is 7.96. The highest BCUT2D eigenvalue weighted by molar-refractivity contribution is 7.95. The summed E-state index contributed by atoms with van der Waals surface area (Å²) in [5, 5.41) is 7.50. The molecule has 1 aromatic rings. The van der Waals surface area contributed by atoms with Crippen molar-refractivity contribution in [2.75, 3.05) is 32.7 Å². The molecule has 3 aliphatic heterocycles. The van der Waals surface area contributed by atoms with E-state index >= 15 is 0 Å². The second kappa shape index (κ2) is 6.16. The van der Waals surface area contributed by atoms with Crippen molar-refractivity contribution >= 4 is 15.5 Å². The zero-order valence-electron chi connectivity index (χ0n) is 13.4. The van der Waals surface area contributed by atoms with Crippen molar-refractivity contribution in [1.29, 1.82) is 0 Å². The highest BCUT2D eigenvalue weighted by atomic mass is 32.2. The quantitative estimate of drug-likeness (QED) is 0.892. The number of nitrogens with one attached hydrogen (secondary N) is 1. The number of rotatable bonds is 3. The Balaban J connectivity index is 1.78. The zero-order chi connectivity index (χ0) is 16.6. The summed E-state index contributed by atoms with van der Waals surface area (Å²) in [5.74, 6) is 0. The van der Waals surface area contributed by atoms with Crippen LogP contribution in [0.5, 0.6) is 0 Å². The van der Waals surface area contributed by atoms with Gasteiger partial charge in [0.25, 0.3) is 0 Å². The van der Waals surface area contributed by atoms with Gasteiger partial charge in [-0.2, -0.15) is 0 Å². The van der Waals surface area contributed by atoms with Gasteiger partial charge in [-0.15, -0.1) is 0 Å². The SMILES string of the molecule is O=S(=O)(C1=C2C(=NC1)CC=CN2N1CCNCC1)c1ccccc1. The smallest absolute Gasteiger partial charge is 0.206 e. The maximum Gasteiger partial charge on any atom is 0.206 e. The Morgan fingerprint density at radius 3 is 2.58 bits per heavy atom. The molecule has 0 radical (unpaired) electrons. The molecule has 1 fully saturated rings. The number of hydrogen-bond acceptors (Lipinski definition) is 6. The second-order valence-electron chi connectivity index (χ2n) is 5.99. The number of benzene rings is 1. The van der Waals surface area contributed by atoms with Crippen LogP contribution in [0.4, 0.5) is 0 Å². The Hall–Kier alpha value is -1.96. The third-order valence-electron chi connectivity index (χ3n) is 4.51. The lowest BCUT2D eigenvalue weighted by Crippen LogP contribution is -2.51. The van der Waals surface area contributed by atoms with E-state index in [1.807, 2.05) is 23.4 Å². The minimum atomic E-state index is -3.53. The van der Waals surface area contributed by atoms with Crippen LogP contribution < -0.4 is 5.32 Å². The van der Waals surface area contributed by atoms with E-state index in [0.29, 0.717) is 16.2 Å². The van der Waals surface area contributed by atoms with Gasteiger partial charge < -0.3 is 5.32 Å². The molecule has 0 atom stereocenters. The molecule has 1 saturated heterocycles. The highest BCUT2D eigenvalue weighted by Crippen LogP contribution is 2.33. The van der Waals surface area contributed by atoms with Crippen LogP contribution in [0.15, 0.2) is 63.1 Å². The summed E-state index contributed by atoms with van der Waals surface area (Å²) in [5.41, 5.74) is 1.62. The standard InChI is InChI=1S/C17H20N4O2S/c22-24(23,14-5-2-1-3-6-14)16-13-19-15-7-4-10-21(17(15)16)20-11-8-18-9-12-20/h1-6,10,18H,7-9,11-13H2. The van der Waals surface area contributed by atoms with Crippen molar-refractivity contribution in [2.24, 2.45) is 4.99 Å². The number of hydrazine groups is 1. The first-order valence-corrected chi connectivity index (χ1v) is 9.65. The van der Waals surface area contributed by atoms with E-state index < -0.39 is 9.84 Å². The molecule has 1 aromatic carbocycles. The number of sulfone groups is 1. The molecule has 0 unspecified atom stereocenters. The van der Waals surface area contributed by atoms with E-state index in [9.17, 15) is 8.42 Å². The molecule has 4 rings (SSSR count). The predicted molar refractivity (Wildman–Crippen MR) is 93.0 cm³/mol. The number of aliphatic imine (C=N–C) groups is 1. The van der Waals surface area contributed by atoms with Crippen LogP contribution in [-0.4, -0.2) is 56.9 Å². The Morgan fingerprint density at radius 2 is 1.83 bits per heavy atom. The number of fused-ring (bicyclic) bond motifs is 1. The monoisotopic (exact) mass is 344 g/mol. The lowest BCUT2D eigenvalue weighted by atomic mass is 10.1. The third kappa shape index (κ3) is 2.58. The first-order valence-electron chi connectivity index (χ1n) is 8.16. The molecule has 0 aromatic heterocycles. The number of hydrogen-bond donors (Lipinski definition) is 1. The molecular weight excluding hydrogens is 324 g/mol. The summed E-state index contributed by atoms with van der Waals surface area (Å²) >= 11 is 0. The molecular formula is C17H20N4O2S. The van der Waals surface area contributed by atoms with E-state index in [-0.39, 0.29) is 6.54 Å². The molecule has 7 heteroatoms. The maximum atomic E-state index is 13.1. The van der Waals surface area contributed by atoms with Gasteiger partial charge in [0.2, 0.25) is 9.84 Å². The Kier molecular flexibility index (Phi) is 3.99. The molecule has 0 spiro atoms. The van der Waals surface area contributed by atoms with Gasteiger partial charge in [-0.25, -0.2) is 13.4 Å². The Bertz CT molecular complexity index is 821. The molecule has 1 N–H and O–H groups in total. The molecule has 0 saturated carbocycles. The van der Waals surface area contributed by atoms with Gasteiger partial charge in [0.15, 0.2) is 0 Å². The van der Waals surface area contributed by atoms with Crippen LogP contribution in [0.1, 0.15) is 6.42 Å². The van der Waals surface area contributed by atoms with Crippen molar-refractivity contribution < 1.29 is 8.42 Å². The minimum absolute atomic E-state index is 0.228. The van der Waals surface area contributed by atoms with Crippen LogP contribution in [-0.2, 0) is 9.84 Å². The molecule has 3 heterocycles. The zero-order valence-corrected chi connectivity index (χ0v) is 14.2. The first kappa shape index (κ1) is 15.6. The Morgan fingerprint density at radius 1 is 1.08 bits per heavy atom. The van der Waals surface area contributed by atoms with Crippen LogP contribution in [0, 0.1) is 0 Å². The summed E-state index contributed by atoms with van der Waals surface area (Å²) in [6.07, 6.45) is 4.71. The van der Waals surface area contributed by atoms with Crippen LogP contribution in [0.3, 0.4) is 0 Å². The van der Waals surface area contributed by atoms with Crippen molar-refractivity contribution in [3.63, 3.8) is 0 Å². The van der Waals surface area contributed by atoms with E-state index in [1.165, 1.54) is 0 Å². The lowest BCUT2D eigenvalue weighted by Gasteiger charge is -2.39.